The average molecular weight is 276 g/mol. The molecular weight excluding hydrogens is 261 g/mol. The fraction of sp³-hybridized carbons (Fsp3) is 0.417. The zero-order valence-electron chi connectivity index (χ0n) is 9.82. The quantitative estimate of drug-likeness (QED) is 0.774. The third-order valence-corrected chi connectivity index (χ3v) is 2.74. The van der Waals surface area contributed by atoms with E-state index >= 15 is 0 Å². The predicted molar refractivity (Wildman–Crippen MR) is 69.9 cm³/mol. The molecule has 1 amide bonds. The Morgan fingerprint density at radius 1 is 1.53 bits per heavy atom. The van der Waals surface area contributed by atoms with E-state index in [9.17, 15) is 4.79 Å². The van der Waals surface area contributed by atoms with Crippen LogP contribution in [0.4, 0.5) is 0 Å². The molecular formula is C12H15Cl2NO2. The summed E-state index contributed by atoms with van der Waals surface area (Å²) in [6.07, 6.45) is 0. The lowest BCUT2D eigenvalue weighted by atomic mass is 10.2. The van der Waals surface area contributed by atoms with E-state index in [0.717, 1.165) is 0 Å². The maximum Gasteiger partial charge on any atom is 0.253 e. The molecule has 0 aliphatic rings. The number of halogens is 2. The van der Waals surface area contributed by atoms with Crippen molar-refractivity contribution in [1.82, 2.24) is 4.90 Å². The van der Waals surface area contributed by atoms with Crippen molar-refractivity contribution in [1.29, 1.82) is 0 Å². The molecule has 0 aromatic heterocycles. The van der Waals surface area contributed by atoms with Gasteiger partial charge in [-0.05, 0) is 18.2 Å². The number of methoxy groups -OCH3 is 1. The van der Waals surface area contributed by atoms with Crippen LogP contribution in [0.15, 0.2) is 24.3 Å². The summed E-state index contributed by atoms with van der Waals surface area (Å²) in [5.74, 6) is -0.103. The van der Waals surface area contributed by atoms with Crippen LogP contribution >= 0.6 is 23.2 Å². The van der Waals surface area contributed by atoms with Crippen molar-refractivity contribution < 1.29 is 9.53 Å². The Morgan fingerprint density at radius 3 is 2.82 bits per heavy atom. The normalized spacial score (nSPS) is 12.2. The number of rotatable bonds is 5. The van der Waals surface area contributed by atoms with Crippen LogP contribution < -0.4 is 0 Å². The standard InChI is InChI=1S/C12H15Cl2NO2/c1-15(7-11(14)8-17-2)12(16)9-4-3-5-10(13)6-9/h3-6,11H,7-8H2,1-2H3. The number of alkyl halides is 1. The second-order valence-corrected chi connectivity index (χ2v) is 4.80. The van der Waals surface area contributed by atoms with Gasteiger partial charge in [0.25, 0.3) is 5.91 Å². The van der Waals surface area contributed by atoms with E-state index < -0.39 is 0 Å². The van der Waals surface area contributed by atoms with Crippen molar-refractivity contribution in [2.75, 3.05) is 27.3 Å². The summed E-state index contributed by atoms with van der Waals surface area (Å²) in [7, 11) is 3.28. The summed E-state index contributed by atoms with van der Waals surface area (Å²) in [6.45, 7) is 0.843. The highest BCUT2D eigenvalue weighted by Gasteiger charge is 2.15. The number of nitrogens with zero attached hydrogens (tertiary/aromatic N) is 1. The smallest absolute Gasteiger partial charge is 0.253 e. The molecule has 0 aliphatic carbocycles. The summed E-state index contributed by atoms with van der Waals surface area (Å²) >= 11 is 11.8. The van der Waals surface area contributed by atoms with Gasteiger partial charge in [0.2, 0.25) is 0 Å². The van der Waals surface area contributed by atoms with E-state index in [2.05, 4.69) is 0 Å². The third kappa shape index (κ3) is 4.54. The second-order valence-electron chi connectivity index (χ2n) is 3.75. The molecule has 17 heavy (non-hydrogen) atoms. The Labute approximate surface area is 111 Å². The molecule has 0 saturated heterocycles. The number of carbonyl (C=O) groups is 1. The molecule has 0 aliphatic heterocycles. The van der Waals surface area contributed by atoms with Gasteiger partial charge in [0.1, 0.15) is 0 Å². The van der Waals surface area contributed by atoms with Crippen molar-refractivity contribution >= 4 is 29.1 Å². The molecule has 1 unspecified atom stereocenters. The summed E-state index contributed by atoms with van der Waals surface area (Å²) in [4.78, 5) is 13.6. The maximum atomic E-state index is 12.0. The van der Waals surface area contributed by atoms with E-state index in [1.165, 1.54) is 0 Å². The van der Waals surface area contributed by atoms with Gasteiger partial charge in [-0.1, -0.05) is 17.7 Å². The summed E-state index contributed by atoms with van der Waals surface area (Å²) in [5, 5.41) is 0.330. The first-order valence-corrected chi connectivity index (χ1v) is 6.00. The average Bonchev–Trinajstić information content (AvgIpc) is 2.28. The lowest BCUT2D eigenvalue weighted by Gasteiger charge is -2.20. The minimum atomic E-state index is -0.215. The van der Waals surface area contributed by atoms with Gasteiger partial charge < -0.3 is 9.64 Å². The van der Waals surface area contributed by atoms with E-state index in [4.69, 9.17) is 27.9 Å². The summed E-state index contributed by atoms with van der Waals surface area (Å²) in [6, 6.07) is 6.84. The molecule has 0 N–H and O–H groups in total. The highest BCUT2D eigenvalue weighted by atomic mass is 35.5. The van der Waals surface area contributed by atoms with Crippen LogP contribution in [0.3, 0.4) is 0 Å². The topological polar surface area (TPSA) is 29.5 Å². The van der Waals surface area contributed by atoms with Gasteiger partial charge in [-0.25, -0.2) is 0 Å². The number of hydrogen-bond donors (Lipinski definition) is 0. The van der Waals surface area contributed by atoms with Crippen molar-refractivity contribution in [2.45, 2.75) is 5.38 Å². The van der Waals surface area contributed by atoms with E-state index in [1.54, 1.807) is 43.3 Å². The third-order valence-electron chi connectivity index (χ3n) is 2.24. The van der Waals surface area contributed by atoms with Crippen LogP contribution in [-0.4, -0.2) is 43.5 Å². The molecule has 5 heteroatoms. The Kier molecular flexibility index (Phi) is 5.75. The molecule has 0 spiro atoms. The van der Waals surface area contributed by atoms with Crippen LogP contribution in [0.1, 0.15) is 10.4 Å². The van der Waals surface area contributed by atoms with Crippen LogP contribution in [0.5, 0.6) is 0 Å². The Hall–Kier alpha value is -0.770. The number of ether oxygens (including phenoxy) is 1. The molecule has 1 aromatic carbocycles. The molecule has 0 bridgehead atoms. The molecule has 1 rings (SSSR count). The molecule has 3 nitrogen and oxygen atoms in total. The lowest BCUT2D eigenvalue weighted by Crippen LogP contribution is -2.33. The first-order valence-electron chi connectivity index (χ1n) is 5.18. The van der Waals surface area contributed by atoms with E-state index in [0.29, 0.717) is 23.7 Å². The lowest BCUT2D eigenvalue weighted by molar-refractivity contribution is 0.0781. The van der Waals surface area contributed by atoms with Gasteiger partial charge in [0.05, 0.1) is 12.0 Å². The Morgan fingerprint density at radius 2 is 2.24 bits per heavy atom. The predicted octanol–water partition coefficient (Wildman–Crippen LogP) is 2.67. The Bertz CT molecular complexity index is 385. The van der Waals surface area contributed by atoms with Crippen LogP contribution in [-0.2, 0) is 4.74 Å². The van der Waals surface area contributed by atoms with Crippen molar-refractivity contribution in [3.8, 4) is 0 Å². The minimum Gasteiger partial charge on any atom is -0.383 e. The Balaban J connectivity index is 2.63. The number of hydrogen-bond acceptors (Lipinski definition) is 2. The number of amides is 1. The SMILES string of the molecule is COCC(Cl)CN(C)C(=O)c1cccc(Cl)c1. The zero-order chi connectivity index (χ0) is 12.8. The molecule has 1 aromatic rings. The van der Waals surface area contributed by atoms with Gasteiger partial charge in [-0.2, -0.15) is 0 Å². The van der Waals surface area contributed by atoms with E-state index in [1.807, 2.05) is 0 Å². The van der Waals surface area contributed by atoms with E-state index in [-0.39, 0.29) is 11.3 Å². The van der Waals surface area contributed by atoms with Crippen LogP contribution in [0.25, 0.3) is 0 Å². The fourth-order valence-corrected chi connectivity index (χ4v) is 1.98. The summed E-state index contributed by atoms with van der Waals surface area (Å²) < 4.78 is 4.92. The van der Waals surface area contributed by atoms with Crippen molar-refractivity contribution in [2.24, 2.45) is 0 Å². The molecule has 94 valence electrons. The molecule has 1 atom stereocenters. The van der Waals surface area contributed by atoms with Gasteiger partial charge in [-0.15, -0.1) is 11.6 Å². The number of carbonyl (C=O) groups excluding carboxylic acids is 1. The highest BCUT2D eigenvalue weighted by molar-refractivity contribution is 6.31. The summed E-state index contributed by atoms with van der Waals surface area (Å²) in [5.41, 5.74) is 0.557. The van der Waals surface area contributed by atoms with Crippen molar-refractivity contribution in [3.63, 3.8) is 0 Å². The monoisotopic (exact) mass is 275 g/mol. The molecule has 0 heterocycles. The minimum absolute atomic E-state index is 0.103. The second kappa shape index (κ2) is 6.84. The maximum absolute atomic E-state index is 12.0. The van der Waals surface area contributed by atoms with Gasteiger partial charge in [-0.3, -0.25) is 4.79 Å². The van der Waals surface area contributed by atoms with Gasteiger partial charge in [0, 0.05) is 31.3 Å². The van der Waals surface area contributed by atoms with Gasteiger partial charge in [0.15, 0.2) is 0 Å². The fourth-order valence-electron chi connectivity index (χ4n) is 1.46. The zero-order valence-corrected chi connectivity index (χ0v) is 11.3. The highest BCUT2D eigenvalue weighted by Crippen LogP contribution is 2.13. The van der Waals surface area contributed by atoms with Crippen LogP contribution in [0.2, 0.25) is 5.02 Å². The first-order chi connectivity index (χ1) is 8.04. The molecule has 0 fully saturated rings. The van der Waals surface area contributed by atoms with Crippen LogP contribution in [0, 0.1) is 0 Å². The molecule has 0 radical (unpaired) electrons. The molecule has 0 saturated carbocycles. The first kappa shape index (κ1) is 14.3. The number of benzene rings is 1. The van der Waals surface area contributed by atoms with Crippen molar-refractivity contribution in [3.05, 3.63) is 34.9 Å². The van der Waals surface area contributed by atoms with Gasteiger partial charge >= 0.3 is 0 Å². The largest absolute Gasteiger partial charge is 0.383 e.